The van der Waals surface area contributed by atoms with Crippen molar-refractivity contribution in [1.29, 1.82) is 0 Å². The first-order chi connectivity index (χ1) is 12.1. The van der Waals surface area contributed by atoms with E-state index in [4.69, 9.17) is 0 Å². The summed E-state index contributed by atoms with van der Waals surface area (Å²) in [6.45, 7) is 5.78. The number of aromatic nitrogens is 1. The minimum Gasteiger partial charge on any atom is -0.379 e. The van der Waals surface area contributed by atoms with Gasteiger partial charge in [-0.3, -0.25) is 9.88 Å². The van der Waals surface area contributed by atoms with E-state index in [-0.39, 0.29) is 0 Å². The number of likely N-dealkylation sites (tertiary alicyclic amines) is 1. The lowest BCUT2D eigenvalue weighted by atomic mass is 9.85. The Hall–Kier alpha value is -1.71. The van der Waals surface area contributed by atoms with E-state index >= 15 is 0 Å². The minimum atomic E-state index is -1.01. The maximum atomic E-state index is 11.5. The molecule has 0 radical (unpaired) electrons. The molecule has 1 fully saturated rings. The molecular formula is C22H30N2O. The topological polar surface area (TPSA) is 36.4 Å². The second-order valence-corrected chi connectivity index (χ2v) is 7.41. The zero-order valence-corrected chi connectivity index (χ0v) is 15.4. The molecular weight excluding hydrogens is 308 g/mol. The summed E-state index contributed by atoms with van der Waals surface area (Å²) < 4.78 is 0. The summed E-state index contributed by atoms with van der Waals surface area (Å²) in [5.74, 6) is 0. The zero-order chi connectivity index (χ0) is 17.7. The molecule has 134 valence electrons. The highest BCUT2D eigenvalue weighted by Crippen LogP contribution is 2.33. The van der Waals surface area contributed by atoms with Crippen LogP contribution in [-0.2, 0) is 5.60 Å². The van der Waals surface area contributed by atoms with Crippen LogP contribution in [0.3, 0.4) is 0 Å². The van der Waals surface area contributed by atoms with Crippen LogP contribution in [0, 0.1) is 0 Å². The van der Waals surface area contributed by atoms with E-state index in [1.807, 2.05) is 48.5 Å². The van der Waals surface area contributed by atoms with Gasteiger partial charge in [-0.25, -0.2) is 0 Å². The van der Waals surface area contributed by atoms with Crippen LogP contribution in [0.15, 0.2) is 54.7 Å². The van der Waals surface area contributed by atoms with E-state index in [2.05, 4.69) is 23.7 Å². The monoisotopic (exact) mass is 338 g/mol. The van der Waals surface area contributed by atoms with Gasteiger partial charge in [-0.1, -0.05) is 36.4 Å². The Morgan fingerprint density at radius 3 is 2.32 bits per heavy atom. The summed E-state index contributed by atoms with van der Waals surface area (Å²) in [7, 11) is 0. The van der Waals surface area contributed by atoms with Crippen LogP contribution in [0.2, 0.25) is 0 Å². The van der Waals surface area contributed by atoms with Gasteiger partial charge in [0.05, 0.1) is 5.69 Å². The first-order valence-corrected chi connectivity index (χ1v) is 9.56. The maximum Gasteiger partial charge on any atom is 0.131 e. The predicted molar refractivity (Wildman–Crippen MR) is 102 cm³/mol. The molecule has 3 unspecified atom stereocenters. The molecule has 3 heteroatoms. The summed E-state index contributed by atoms with van der Waals surface area (Å²) >= 11 is 0. The molecule has 0 bridgehead atoms. The summed E-state index contributed by atoms with van der Waals surface area (Å²) in [4.78, 5) is 7.06. The summed E-state index contributed by atoms with van der Waals surface area (Å²) in [6.07, 6.45) is 7.17. The van der Waals surface area contributed by atoms with Gasteiger partial charge in [-0.05, 0) is 70.2 Å². The molecule has 1 N–H and O–H groups in total. The number of aliphatic hydroxyl groups is 1. The van der Waals surface area contributed by atoms with Crippen molar-refractivity contribution in [3.8, 4) is 0 Å². The van der Waals surface area contributed by atoms with Crippen LogP contribution < -0.4 is 0 Å². The summed E-state index contributed by atoms with van der Waals surface area (Å²) in [5.41, 5.74) is 0.658. The molecule has 0 spiro atoms. The number of hydrogen-bond acceptors (Lipinski definition) is 3. The Kier molecular flexibility index (Phi) is 5.87. The van der Waals surface area contributed by atoms with Gasteiger partial charge in [0.1, 0.15) is 5.60 Å². The molecule has 1 aromatic heterocycles. The number of hydrogen-bond donors (Lipinski definition) is 1. The Morgan fingerprint density at radius 1 is 1.00 bits per heavy atom. The van der Waals surface area contributed by atoms with Crippen molar-refractivity contribution in [3.05, 3.63) is 66.0 Å². The van der Waals surface area contributed by atoms with Crippen molar-refractivity contribution in [1.82, 2.24) is 9.88 Å². The lowest BCUT2D eigenvalue weighted by molar-refractivity contribution is 0.0620. The van der Waals surface area contributed by atoms with Gasteiger partial charge in [0.2, 0.25) is 0 Å². The molecule has 0 amide bonds. The number of rotatable bonds is 7. The van der Waals surface area contributed by atoms with E-state index in [9.17, 15) is 5.11 Å². The molecule has 1 aliphatic heterocycles. The van der Waals surface area contributed by atoms with Crippen LogP contribution in [0.25, 0.3) is 0 Å². The number of benzene rings is 1. The molecule has 3 rings (SSSR count). The van der Waals surface area contributed by atoms with Crippen molar-refractivity contribution >= 4 is 0 Å². The molecule has 3 atom stereocenters. The largest absolute Gasteiger partial charge is 0.379 e. The Bertz CT molecular complexity index is 594. The average molecular weight is 338 g/mol. The SMILES string of the molecule is CC1CCC(C)N1CCCCC(O)(c1ccccc1)c1ccccn1. The minimum absolute atomic E-state index is 0.693. The van der Waals surface area contributed by atoms with Crippen molar-refractivity contribution < 1.29 is 5.11 Å². The fourth-order valence-corrected chi connectivity index (χ4v) is 4.11. The molecule has 1 saturated heterocycles. The highest BCUT2D eigenvalue weighted by Gasteiger charge is 2.32. The smallest absolute Gasteiger partial charge is 0.131 e. The third-order valence-corrected chi connectivity index (χ3v) is 5.68. The number of pyridine rings is 1. The second kappa shape index (κ2) is 8.11. The van der Waals surface area contributed by atoms with Gasteiger partial charge < -0.3 is 5.11 Å². The van der Waals surface area contributed by atoms with Crippen molar-refractivity contribution in [2.75, 3.05) is 6.54 Å². The van der Waals surface area contributed by atoms with E-state index in [0.29, 0.717) is 18.5 Å². The first kappa shape index (κ1) is 18.1. The third kappa shape index (κ3) is 4.10. The molecule has 2 heterocycles. The molecule has 3 nitrogen and oxygen atoms in total. The number of nitrogens with zero attached hydrogens (tertiary/aromatic N) is 2. The first-order valence-electron chi connectivity index (χ1n) is 9.56. The Labute approximate surface area is 151 Å². The molecule has 0 aliphatic carbocycles. The van der Waals surface area contributed by atoms with Gasteiger partial charge in [0.25, 0.3) is 0 Å². The van der Waals surface area contributed by atoms with Gasteiger partial charge >= 0.3 is 0 Å². The third-order valence-electron chi connectivity index (χ3n) is 5.68. The van der Waals surface area contributed by atoms with Crippen LogP contribution >= 0.6 is 0 Å². The van der Waals surface area contributed by atoms with E-state index in [0.717, 1.165) is 30.6 Å². The lowest BCUT2D eigenvalue weighted by Crippen LogP contribution is -2.34. The fraction of sp³-hybridized carbons (Fsp3) is 0.500. The maximum absolute atomic E-state index is 11.5. The lowest BCUT2D eigenvalue weighted by Gasteiger charge is -2.30. The zero-order valence-electron chi connectivity index (χ0n) is 15.4. The van der Waals surface area contributed by atoms with Gasteiger partial charge in [-0.15, -0.1) is 0 Å². The molecule has 0 saturated carbocycles. The van der Waals surface area contributed by atoms with E-state index in [1.165, 1.54) is 12.8 Å². The van der Waals surface area contributed by atoms with Crippen LogP contribution in [0.1, 0.15) is 57.2 Å². The molecule has 1 aliphatic rings. The van der Waals surface area contributed by atoms with Crippen molar-refractivity contribution in [3.63, 3.8) is 0 Å². The molecule has 2 aromatic rings. The highest BCUT2D eigenvalue weighted by molar-refractivity contribution is 5.31. The van der Waals surface area contributed by atoms with Gasteiger partial charge in [0, 0.05) is 18.3 Å². The molecule has 1 aromatic carbocycles. The van der Waals surface area contributed by atoms with Crippen LogP contribution in [-0.4, -0.2) is 33.6 Å². The van der Waals surface area contributed by atoms with Crippen molar-refractivity contribution in [2.24, 2.45) is 0 Å². The van der Waals surface area contributed by atoms with Gasteiger partial charge in [-0.2, -0.15) is 0 Å². The van der Waals surface area contributed by atoms with Crippen LogP contribution in [0.5, 0.6) is 0 Å². The second-order valence-electron chi connectivity index (χ2n) is 7.41. The quantitative estimate of drug-likeness (QED) is 0.762. The number of unbranched alkanes of at least 4 members (excludes halogenated alkanes) is 1. The standard InChI is InChI=1S/C22H30N2O/c1-18-13-14-19(2)24(18)17-9-7-15-22(25,20-10-4-3-5-11-20)21-12-6-8-16-23-21/h3-6,8,10-12,16,18-19,25H,7,9,13-15,17H2,1-2H3. The van der Waals surface area contributed by atoms with E-state index < -0.39 is 5.60 Å². The Morgan fingerprint density at radius 2 is 1.68 bits per heavy atom. The Balaban J connectivity index is 1.67. The fourth-order valence-electron chi connectivity index (χ4n) is 4.11. The summed E-state index contributed by atoms with van der Waals surface area (Å²) in [5, 5.41) is 11.5. The highest BCUT2D eigenvalue weighted by atomic mass is 16.3. The summed E-state index contributed by atoms with van der Waals surface area (Å²) in [6, 6.07) is 17.1. The van der Waals surface area contributed by atoms with Gasteiger partial charge in [0.15, 0.2) is 0 Å². The van der Waals surface area contributed by atoms with E-state index in [1.54, 1.807) is 6.20 Å². The van der Waals surface area contributed by atoms with Crippen molar-refractivity contribution in [2.45, 2.75) is 63.6 Å². The predicted octanol–water partition coefficient (Wildman–Crippen LogP) is 4.36. The van der Waals surface area contributed by atoms with Crippen LogP contribution in [0.4, 0.5) is 0 Å². The normalized spacial score (nSPS) is 23.5. The average Bonchev–Trinajstić information content (AvgIpc) is 2.98. The molecule has 25 heavy (non-hydrogen) atoms.